The largest absolute Gasteiger partial charge is 0.445 e. The zero-order chi connectivity index (χ0) is 18.5. The first-order valence-corrected chi connectivity index (χ1v) is 8.86. The third-order valence-corrected chi connectivity index (χ3v) is 4.77. The second-order valence-corrected chi connectivity index (χ2v) is 6.78. The number of carbonyl (C=O) groups excluding carboxylic acids is 3. The van der Waals surface area contributed by atoms with Gasteiger partial charge in [-0.1, -0.05) is 30.3 Å². The Labute approximate surface area is 152 Å². The van der Waals surface area contributed by atoms with E-state index in [0.717, 1.165) is 18.4 Å². The molecule has 0 bridgehead atoms. The Morgan fingerprint density at radius 2 is 1.92 bits per heavy atom. The summed E-state index contributed by atoms with van der Waals surface area (Å²) in [5, 5.41) is 11.2. The van der Waals surface area contributed by atoms with Crippen LogP contribution < -0.4 is 21.3 Å². The van der Waals surface area contributed by atoms with Crippen molar-refractivity contribution in [2.45, 2.75) is 57.0 Å². The van der Waals surface area contributed by atoms with E-state index in [0.29, 0.717) is 6.42 Å². The van der Waals surface area contributed by atoms with Crippen LogP contribution in [0.2, 0.25) is 0 Å². The number of hydrogen-bond acceptors (Lipinski definition) is 4. The van der Waals surface area contributed by atoms with Gasteiger partial charge in [-0.3, -0.25) is 4.79 Å². The number of fused-ring (bicyclic) bond motifs is 1. The van der Waals surface area contributed by atoms with Crippen LogP contribution in [-0.2, 0) is 16.1 Å². The molecule has 4 amide bonds. The van der Waals surface area contributed by atoms with Gasteiger partial charge in [-0.25, -0.2) is 9.59 Å². The molecule has 1 aliphatic heterocycles. The third-order valence-electron chi connectivity index (χ3n) is 4.77. The van der Waals surface area contributed by atoms with Gasteiger partial charge in [-0.05, 0) is 31.7 Å². The fourth-order valence-electron chi connectivity index (χ4n) is 3.35. The summed E-state index contributed by atoms with van der Waals surface area (Å²) in [6, 6.07) is 8.64. The number of carbonyl (C=O) groups is 3. The zero-order valence-corrected chi connectivity index (χ0v) is 14.7. The zero-order valence-electron chi connectivity index (χ0n) is 14.7. The molecule has 8 nitrogen and oxygen atoms in total. The van der Waals surface area contributed by atoms with Crippen molar-refractivity contribution >= 4 is 18.0 Å². The molecule has 2 fully saturated rings. The van der Waals surface area contributed by atoms with Crippen LogP contribution in [0.1, 0.15) is 31.7 Å². The normalized spacial score (nSPS) is 25.3. The average Bonchev–Trinajstić information content (AvgIpc) is 3.00. The molecule has 140 valence electrons. The van der Waals surface area contributed by atoms with Crippen molar-refractivity contribution in [1.82, 2.24) is 21.3 Å². The van der Waals surface area contributed by atoms with Gasteiger partial charge < -0.3 is 26.0 Å². The number of alkyl carbamates (subject to hydrolysis) is 1. The minimum absolute atomic E-state index is 0.0199. The predicted octanol–water partition coefficient (Wildman–Crippen LogP) is 1.02. The van der Waals surface area contributed by atoms with Crippen molar-refractivity contribution in [1.29, 1.82) is 0 Å². The van der Waals surface area contributed by atoms with E-state index < -0.39 is 12.1 Å². The smallest absolute Gasteiger partial charge is 0.408 e. The van der Waals surface area contributed by atoms with E-state index in [-0.39, 0.29) is 36.7 Å². The summed E-state index contributed by atoms with van der Waals surface area (Å²) in [5.41, 5.74) is 0.878. The number of nitrogens with one attached hydrogen (secondary N) is 4. The molecular formula is C18H24N4O4. The van der Waals surface area contributed by atoms with Gasteiger partial charge in [0.1, 0.15) is 12.6 Å². The highest BCUT2D eigenvalue weighted by atomic mass is 16.5. The van der Waals surface area contributed by atoms with Crippen LogP contribution in [0.4, 0.5) is 9.59 Å². The molecule has 3 rings (SSSR count). The number of rotatable bonds is 5. The Bertz CT molecular complexity index is 666. The number of ether oxygens (including phenoxy) is 1. The molecule has 4 atom stereocenters. The highest BCUT2D eigenvalue weighted by Crippen LogP contribution is 2.22. The molecule has 1 saturated carbocycles. The number of hydrogen-bond donors (Lipinski definition) is 4. The van der Waals surface area contributed by atoms with Crippen LogP contribution >= 0.6 is 0 Å². The van der Waals surface area contributed by atoms with Crippen LogP contribution in [-0.4, -0.2) is 42.2 Å². The maximum atomic E-state index is 12.3. The summed E-state index contributed by atoms with van der Waals surface area (Å²) in [6.07, 6.45) is 1.66. The third kappa shape index (κ3) is 4.65. The monoisotopic (exact) mass is 360 g/mol. The Kier molecular flexibility index (Phi) is 5.60. The van der Waals surface area contributed by atoms with Crippen molar-refractivity contribution in [3.05, 3.63) is 35.9 Å². The quantitative estimate of drug-likeness (QED) is 0.629. The first kappa shape index (κ1) is 18.0. The Morgan fingerprint density at radius 3 is 2.69 bits per heavy atom. The van der Waals surface area contributed by atoms with E-state index in [1.807, 2.05) is 30.3 Å². The molecular weight excluding hydrogens is 336 g/mol. The van der Waals surface area contributed by atoms with E-state index in [4.69, 9.17) is 4.74 Å². The lowest BCUT2D eigenvalue weighted by Gasteiger charge is -2.31. The molecule has 4 N–H and O–H groups in total. The standard InChI is InChI=1S/C18H24N4O4/c1-11(19-18(25)26-10-12-5-3-2-4-6-12)16(23)20-13-7-8-14-15(9-13)22-17(24)21-14/h2-6,11,13-15H,7-10H2,1H3,(H,19,25)(H,20,23)(H2,21,22,24)/t11-,13?,14?,15?/m0/s1. The lowest BCUT2D eigenvalue weighted by Crippen LogP contribution is -2.52. The maximum Gasteiger partial charge on any atom is 0.408 e. The van der Waals surface area contributed by atoms with E-state index in [1.54, 1.807) is 6.92 Å². The SMILES string of the molecule is C[C@H](NC(=O)OCc1ccccc1)C(=O)NC1CCC2NC(=O)NC2C1. The molecule has 0 radical (unpaired) electrons. The average molecular weight is 360 g/mol. The minimum Gasteiger partial charge on any atom is -0.445 e. The summed E-state index contributed by atoms with van der Waals surface area (Å²) >= 11 is 0. The molecule has 2 aliphatic rings. The highest BCUT2D eigenvalue weighted by Gasteiger charge is 2.37. The van der Waals surface area contributed by atoms with Gasteiger partial charge in [0.15, 0.2) is 0 Å². The topological polar surface area (TPSA) is 109 Å². The van der Waals surface area contributed by atoms with Crippen LogP contribution in [0.3, 0.4) is 0 Å². The first-order valence-electron chi connectivity index (χ1n) is 8.86. The fourth-order valence-corrected chi connectivity index (χ4v) is 3.35. The van der Waals surface area contributed by atoms with Crippen molar-refractivity contribution in [3.8, 4) is 0 Å². The van der Waals surface area contributed by atoms with Gasteiger partial charge in [0, 0.05) is 6.04 Å². The molecule has 1 saturated heterocycles. The predicted molar refractivity (Wildman–Crippen MR) is 94.2 cm³/mol. The molecule has 1 heterocycles. The fraction of sp³-hybridized carbons (Fsp3) is 0.500. The first-order chi connectivity index (χ1) is 12.5. The molecule has 0 spiro atoms. The van der Waals surface area contributed by atoms with Gasteiger partial charge in [0.2, 0.25) is 5.91 Å². The lowest BCUT2D eigenvalue weighted by atomic mass is 9.88. The summed E-state index contributed by atoms with van der Waals surface area (Å²) < 4.78 is 5.12. The van der Waals surface area contributed by atoms with Crippen molar-refractivity contribution in [2.75, 3.05) is 0 Å². The summed E-state index contributed by atoms with van der Waals surface area (Å²) in [4.78, 5) is 35.5. The molecule has 8 heteroatoms. The Balaban J connectivity index is 1.40. The van der Waals surface area contributed by atoms with Gasteiger partial charge >= 0.3 is 12.1 Å². The summed E-state index contributed by atoms with van der Waals surface area (Å²) in [5.74, 6) is -0.262. The van der Waals surface area contributed by atoms with E-state index in [9.17, 15) is 14.4 Å². The number of urea groups is 1. The molecule has 26 heavy (non-hydrogen) atoms. The van der Waals surface area contributed by atoms with E-state index >= 15 is 0 Å². The van der Waals surface area contributed by atoms with Gasteiger partial charge in [-0.2, -0.15) is 0 Å². The van der Waals surface area contributed by atoms with Gasteiger partial charge in [-0.15, -0.1) is 0 Å². The van der Waals surface area contributed by atoms with Crippen LogP contribution in [0.5, 0.6) is 0 Å². The molecule has 3 unspecified atom stereocenters. The second kappa shape index (κ2) is 8.07. The molecule has 1 aliphatic carbocycles. The minimum atomic E-state index is -0.702. The van der Waals surface area contributed by atoms with Crippen molar-refractivity contribution in [3.63, 3.8) is 0 Å². The van der Waals surface area contributed by atoms with Crippen LogP contribution in [0, 0.1) is 0 Å². The molecule has 1 aromatic carbocycles. The van der Waals surface area contributed by atoms with E-state index in [1.165, 1.54) is 0 Å². The van der Waals surface area contributed by atoms with Crippen LogP contribution in [0.25, 0.3) is 0 Å². The van der Waals surface area contributed by atoms with Crippen molar-refractivity contribution < 1.29 is 19.1 Å². The Hall–Kier alpha value is -2.77. The molecule has 0 aromatic heterocycles. The van der Waals surface area contributed by atoms with Gasteiger partial charge in [0.05, 0.1) is 12.1 Å². The summed E-state index contributed by atoms with van der Waals surface area (Å²) in [6.45, 7) is 1.77. The van der Waals surface area contributed by atoms with Crippen molar-refractivity contribution in [2.24, 2.45) is 0 Å². The van der Waals surface area contributed by atoms with Gasteiger partial charge in [0.25, 0.3) is 0 Å². The number of benzene rings is 1. The Morgan fingerprint density at radius 1 is 1.19 bits per heavy atom. The van der Waals surface area contributed by atoms with Crippen LogP contribution in [0.15, 0.2) is 30.3 Å². The highest BCUT2D eigenvalue weighted by molar-refractivity contribution is 5.85. The second-order valence-electron chi connectivity index (χ2n) is 6.78. The number of amides is 4. The van der Waals surface area contributed by atoms with E-state index in [2.05, 4.69) is 21.3 Å². The summed E-state index contributed by atoms with van der Waals surface area (Å²) in [7, 11) is 0. The maximum absolute atomic E-state index is 12.3. The molecule has 1 aromatic rings. The lowest BCUT2D eigenvalue weighted by molar-refractivity contribution is -0.123.